The molecule has 0 aliphatic heterocycles. The highest BCUT2D eigenvalue weighted by atomic mass is 19.1. The molecule has 3 aromatic heterocycles. The van der Waals surface area contributed by atoms with Crippen LogP contribution in [-0.2, 0) is 6.42 Å². The summed E-state index contributed by atoms with van der Waals surface area (Å²) in [6, 6.07) is 7.21. The first kappa shape index (κ1) is 20.8. The minimum atomic E-state index is -0.428. The van der Waals surface area contributed by atoms with Crippen molar-refractivity contribution in [3.8, 4) is 17.1 Å². The molecule has 3 heterocycles. The molecule has 0 saturated heterocycles. The molecule has 8 heteroatoms. The Morgan fingerprint density at radius 3 is 2.85 bits per heavy atom. The first-order valence-electron chi connectivity index (χ1n) is 11.6. The third-order valence-electron chi connectivity index (χ3n) is 6.81. The zero-order valence-corrected chi connectivity index (χ0v) is 19.1. The minimum absolute atomic E-state index is 0.148. The van der Waals surface area contributed by atoms with Crippen LogP contribution >= 0.6 is 0 Å². The van der Waals surface area contributed by atoms with Gasteiger partial charge in [0.25, 0.3) is 0 Å². The van der Waals surface area contributed by atoms with Crippen LogP contribution in [0.1, 0.15) is 55.7 Å². The van der Waals surface area contributed by atoms with E-state index in [0.717, 1.165) is 36.8 Å². The largest absolute Gasteiger partial charge is 0.508 e. The number of aromatic nitrogens is 5. The Morgan fingerprint density at radius 2 is 2.03 bits per heavy atom. The number of halogens is 1. The Morgan fingerprint density at radius 1 is 1.15 bits per heavy atom. The van der Waals surface area contributed by atoms with Gasteiger partial charge in [0.05, 0.1) is 12.4 Å². The Kier molecular flexibility index (Phi) is 4.83. The van der Waals surface area contributed by atoms with Gasteiger partial charge in [0, 0.05) is 23.4 Å². The lowest BCUT2D eigenvalue weighted by Crippen LogP contribution is -2.25. The molecule has 0 amide bonds. The molecular weight excluding hydrogens is 431 g/mol. The molecule has 4 aromatic rings. The van der Waals surface area contributed by atoms with E-state index in [4.69, 9.17) is 9.97 Å². The van der Waals surface area contributed by atoms with Crippen molar-refractivity contribution in [2.24, 2.45) is 0 Å². The lowest BCUT2D eigenvalue weighted by Gasteiger charge is -2.26. The van der Waals surface area contributed by atoms with Gasteiger partial charge in [-0.1, -0.05) is 25.5 Å². The Hall–Kier alpha value is -3.81. The smallest absolute Gasteiger partial charge is 0.228 e. The Balaban J connectivity index is 1.38. The second kappa shape index (κ2) is 7.90. The molecule has 0 radical (unpaired) electrons. The number of hydrogen-bond donors (Lipinski definition) is 2. The van der Waals surface area contributed by atoms with Gasteiger partial charge in [0.1, 0.15) is 11.6 Å². The number of phenols is 1. The minimum Gasteiger partial charge on any atom is -0.508 e. The molecule has 7 nitrogen and oxygen atoms in total. The van der Waals surface area contributed by atoms with Gasteiger partial charge in [-0.2, -0.15) is 14.6 Å². The molecule has 0 unspecified atom stereocenters. The first-order valence-corrected chi connectivity index (χ1v) is 11.6. The van der Waals surface area contributed by atoms with Crippen LogP contribution in [0.15, 0.2) is 48.4 Å². The number of hydrogen-bond acceptors (Lipinski definition) is 6. The molecule has 2 aliphatic carbocycles. The summed E-state index contributed by atoms with van der Waals surface area (Å²) < 4.78 is 15.6. The van der Waals surface area contributed by atoms with Gasteiger partial charge in [0.2, 0.25) is 5.95 Å². The summed E-state index contributed by atoms with van der Waals surface area (Å²) in [6.45, 7) is 4.19. The number of phenolic OH excluding ortho intramolecular Hbond substituents is 1. The highest BCUT2D eigenvalue weighted by Gasteiger charge is 2.29. The number of anilines is 1. The molecule has 0 spiro atoms. The van der Waals surface area contributed by atoms with E-state index in [0.29, 0.717) is 28.7 Å². The van der Waals surface area contributed by atoms with E-state index in [1.807, 2.05) is 18.3 Å². The molecule has 0 fully saturated rings. The number of benzene rings is 1. The Labute approximate surface area is 196 Å². The maximum absolute atomic E-state index is 13.9. The van der Waals surface area contributed by atoms with Crippen molar-refractivity contribution in [3.63, 3.8) is 0 Å². The number of allylic oxidation sites excluding steroid dienone is 1. The summed E-state index contributed by atoms with van der Waals surface area (Å²) >= 11 is 0. The summed E-state index contributed by atoms with van der Waals surface area (Å²) in [4.78, 5) is 13.4. The average molecular weight is 457 g/mol. The van der Waals surface area contributed by atoms with Crippen LogP contribution in [0.2, 0.25) is 0 Å². The van der Waals surface area contributed by atoms with E-state index < -0.39 is 5.82 Å². The van der Waals surface area contributed by atoms with Gasteiger partial charge >= 0.3 is 0 Å². The summed E-state index contributed by atoms with van der Waals surface area (Å²) in [6.07, 6.45) is 8.33. The van der Waals surface area contributed by atoms with Gasteiger partial charge < -0.3 is 10.4 Å². The molecule has 1 atom stereocenters. The Bertz CT molecular complexity index is 1460. The standard InChI is InChI=1S/C26H25FN6O/c1-14(2)23-13-29-33-25(23)31-24(17-8-18(27)12-28-11-17)32-26(33)30-19-5-3-15-7-16-4-6-20(34)10-22(16)21(15)9-19/h4,6,8,10-14,19,34H,3,5,7,9H2,1-2H3,(H,30,31,32)/t19-/m1/s1. The molecule has 0 saturated carbocycles. The number of nitrogens with zero attached hydrogens (tertiary/aromatic N) is 5. The maximum Gasteiger partial charge on any atom is 0.228 e. The van der Waals surface area contributed by atoms with Gasteiger partial charge in [0.15, 0.2) is 11.5 Å². The normalized spacial score (nSPS) is 17.4. The quantitative estimate of drug-likeness (QED) is 0.443. The second-order valence-electron chi connectivity index (χ2n) is 9.44. The predicted molar refractivity (Wildman–Crippen MR) is 128 cm³/mol. The van der Waals surface area contributed by atoms with E-state index in [1.165, 1.54) is 29.0 Å². The zero-order valence-electron chi connectivity index (χ0n) is 19.1. The zero-order chi connectivity index (χ0) is 23.4. The topological polar surface area (TPSA) is 88.2 Å². The third kappa shape index (κ3) is 3.50. The molecule has 6 rings (SSSR count). The van der Waals surface area contributed by atoms with Crippen molar-refractivity contribution in [3.05, 3.63) is 70.9 Å². The third-order valence-corrected chi connectivity index (χ3v) is 6.81. The molecule has 172 valence electrons. The number of aromatic hydroxyl groups is 1. The van der Waals surface area contributed by atoms with E-state index >= 15 is 0 Å². The predicted octanol–water partition coefficient (Wildman–Crippen LogP) is 5.13. The van der Waals surface area contributed by atoms with E-state index in [-0.39, 0.29) is 12.0 Å². The van der Waals surface area contributed by atoms with Crippen molar-refractivity contribution in [2.45, 2.75) is 51.5 Å². The van der Waals surface area contributed by atoms with Crippen molar-refractivity contribution in [1.82, 2.24) is 24.6 Å². The molecule has 2 N–H and O–H groups in total. The van der Waals surface area contributed by atoms with Crippen molar-refractivity contribution >= 4 is 17.2 Å². The van der Waals surface area contributed by atoms with Crippen LogP contribution in [0.5, 0.6) is 5.75 Å². The molecule has 1 aromatic carbocycles. The molecular formula is C26H25FN6O. The monoisotopic (exact) mass is 456 g/mol. The summed E-state index contributed by atoms with van der Waals surface area (Å²) in [7, 11) is 0. The fourth-order valence-corrected chi connectivity index (χ4v) is 5.08. The van der Waals surface area contributed by atoms with E-state index in [2.05, 4.69) is 29.2 Å². The summed E-state index contributed by atoms with van der Waals surface area (Å²) in [5.41, 5.74) is 7.44. The van der Waals surface area contributed by atoms with Crippen molar-refractivity contribution in [2.75, 3.05) is 5.32 Å². The number of rotatable bonds is 4. The van der Waals surface area contributed by atoms with Gasteiger partial charge in [-0.15, -0.1) is 0 Å². The highest BCUT2D eigenvalue weighted by Crippen LogP contribution is 2.43. The second-order valence-corrected chi connectivity index (χ2v) is 9.44. The van der Waals surface area contributed by atoms with Crippen LogP contribution in [0, 0.1) is 5.82 Å². The van der Waals surface area contributed by atoms with Crippen LogP contribution in [0.25, 0.3) is 22.6 Å². The van der Waals surface area contributed by atoms with Crippen LogP contribution in [0.3, 0.4) is 0 Å². The van der Waals surface area contributed by atoms with Crippen molar-refractivity contribution < 1.29 is 9.50 Å². The number of nitrogens with one attached hydrogen (secondary N) is 1. The van der Waals surface area contributed by atoms with Gasteiger partial charge in [-0.3, -0.25) is 4.98 Å². The van der Waals surface area contributed by atoms with Crippen LogP contribution in [0.4, 0.5) is 10.3 Å². The molecule has 34 heavy (non-hydrogen) atoms. The number of fused-ring (bicyclic) bond motifs is 3. The van der Waals surface area contributed by atoms with E-state index in [9.17, 15) is 9.50 Å². The maximum atomic E-state index is 13.9. The summed E-state index contributed by atoms with van der Waals surface area (Å²) in [5, 5.41) is 18.2. The average Bonchev–Trinajstić information content (AvgIpc) is 3.40. The lowest BCUT2D eigenvalue weighted by molar-refractivity contribution is 0.475. The van der Waals surface area contributed by atoms with E-state index in [1.54, 1.807) is 16.8 Å². The van der Waals surface area contributed by atoms with Crippen LogP contribution in [-0.4, -0.2) is 35.7 Å². The first-order chi connectivity index (χ1) is 16.5. The molecule has 2 aliphatic rings. The number of pyridine rings is 1. The van der Waals surface area contributed by atoms with Crippen molar-refractivity contribution in [1.29, 1.82) is 0 Å². The SMILES string of the molecule is CC(C)c1cnn2c(N[C@@H]3CCC4=C(C3)c3cc(O)ccc3C4)nc(-c3cncc(F)c3)nc12. The fourth-order valence-electron chi connectivity index (χ4n) is 5.08. The van der Waals surface area contributed by atoms with Gasteiger partial charge in [-0.05, 0) is 66.5 Å². The highest BCUT2D eigenvalue weighted by molar-refractivity contribution is 5.78. The van der Waals surface area contributed by atoms with Gasteiger partial charge in [-0.25, -0.2) is 9.37 Å². The lowest BCUT2D eigenvalue weighted by atomic mass is 9.88. The molecule has 0 bridgehead atoms. The van der Waals surface area contributed by atoms with Crippen LogP contribution < -0.4 is 5.32 Å². The fraction of sp³-hybridized carbons (Fsp3) is 0.308. The summed E-state index contributed by atoms with van der Waals surface area (Å²) in [5.74, 6) is 1.09.